The van der Waals surface area contributed by atoms with Crippen LogP contribution in [0, 0.1) is 0 Å². The summed E-state index contributed by atoms with van der Waals surface area (Å²) in [5, 5.41) is 7.11. The molecule has 2 N–H and O–H groups in total. The molecule has 1 aliphatic rings. The molecule has 1 atom stereocenters. The summed E-state index contributed by atoms with van der Waals surface area (Å²) >= 11 is 5.51. The van der Waals surface area contributed by atoms with E-state index in [0.717, 1.165) is 24.5 Å². The molecule has 1 aliphatic heterocycles. The summed E-state index contributed by atoms with van der Waals surface area (Å²) in [6.45, 7) is 12.2. The van der Waals surface area contributed by atoms with E-state index < -0.39 is 0 Å². The first-order chi connectivity index (χ1) is 13.3. The van der Waals surface area contributed by atoms with Crippen LogP contribution in [0.3, 0.4) is 0 Å². The molecule has 0 saturated carbocycles. The number of benzene rings is 1. The first-order valence-electron chi connectivity index (χ1n) is 10.0. The molecule has 0 aromatic heterocycles. The summed E-state index contributed by atoms with van der Waals surface area (Å²) in [6, 6.07) is 5.84. The zero-order valence-electron chi connectivity index (χ0n) is 17.6. The van der Waals surface area contributed by atoms with Crippen LogP contribution in [0.1, 0.15) is 53.9 Å². The van der Waals surface area contributed by atoms with Crippen molar-refractivity contribution in [1.29, 1.82) is 0 Å². The number of amides is 1. The Bertz CT molecular complexity index is 693. The van der Waals surface area contributed by atoms with E-state index in [4.69, 9.17) is 21.7 Å². The third kappa shape index (κ3) is 6.26. The van der Waals surface area contributed by atoms with Crippen molar-refractivity contribution in [2.45, 2.75) is 65.5 Å². The van der Waals surface area contributed by atoms with Crippen LogP contribution in [0.5, 0.6) is 11.5 Å². The number of carbonyl (C=O) groups excluding carboxylic acids is 1. The van der Waals surface area contributed by atoms with Gasteiger partial charge in [-0.15, -0.1) is 0 Å². The predicted octanol–water partition coefficient (Wildman–Crippen LogP) is 3.95. The Kier molecular flexibility index (Phi) is 7.92. The Labute approximate surface area is 174 Å². The number of hydrogen-bond donors (Lipinski definition) is 2. The van der Waals surface area contributed by atoms with Crippen molar-refractivity contribution in [2.75, 3.05) is 25.1 Å². The number of thiocarbonyl (C=S) groups is 1. The quantitative estimate of drug-likeness (QED) is 0.605. The Morgan fingerprint density at radius 3 is 2.68 bits per heavy atom. The average molecular weight is 408 g/mol. The zero-order valence-corrected chi connectivity index (χ0v) is 18.4. The van der Waals surface area contributed by atoms with E-state index in [2.05, 4.69) is 36.3 Å². The van der Waals surface area contributed by atoms with Gasteiger partial charge < -0.3 is 25.0 Å². The van der Waals surface area contributed by atoms with E-state index in [0.29, 0.717) is 42.9 Å². The molecule has 1 saturated heterocycles. The molecule has 0 bridgehead atoms. The summed E-state index contributed by atoms with van der Waals surface area (Å²) in [5.74, 6) is 1.32. The molecular weight excluding hydrogens is 374 g/mol. The first kappa shape index (κ1) is 22.3. The van der Waals surface area contributed by atoms with E-state index >= 15 is 0 Å². The summed E-state index contributed by atoms with van der Waals surface area (Å²) in [5.41, 5.74) is 0.661. The molecule has 1 aromatic rings. The van der Waals surface area contributed by atoms with Gasteiger partial charge in [-0.05, 0) is 71.8 Å². The minimum absolute atomic E-state index is 0.0195. The molecule has 1 heterocycles. The average Bonchev–Trinajstić information content (AvgIpc) is 2.59. The van der Waals surface area contributed by atoms with Gasteiger partial charge in [0.15, 0.2) is 5.11 Å². The number of anilines is 1. The molecule has 6 nitrogen and oxygen atoms in total. The van der Waals surface area contributed by atoms with Gasteiger partial charge in [-0.1, -0.05) is 0 Å². The molecule has 1 fully saturated rings. The van der Waals surface area contributed by atoms with Gasteiger partial charge in [-0.3, -0.25) is 4.79 Å². The fourth-order valence-electron chi connectivity index (χ4n) is 3.55. The van der Waals surface area contributed by atoms with E-state index in [9.17, 15) is 4.79 Å². The number of nitrogens with one attached hydrogen (secondary N) is 2. The summed E-state index contributed by atoms with van der Waals surface area (Å²) in [4.78, 5) is 14.6. The fourth-order valence-corrected chi connectivity index (χ4v) is 4.10. The van der Waals surface area contributed by atoms with Crippen molar-refractivity contribution < 1.29 is 14.3 Å². The van der Waals surface area contributed by atoms with Gasteiger partial charge in [0.25, 0.3) is 0 Å². The maximum Gasteiger partial charge on any atom is 0.224 e. The summed E-state index contributed by atoms with van der Waals surface area (Å²) in [6.07, 6.45) is 2.16. The van der Waals surface area contributed by atoms with Crippen LogP contribution in [0.2, 0.25) is 0 Å². The Morgan fingerprint density at radius 2 is 2.04 bits per heavy atom. The second kappa shape index (κ2) is 9.96. The lowest BCUT2D eigenvalue weighted by molar-refractivity contribution is -0.116. The molecular formula is C21H33N3O3S. The van der Waals surface area contributed by atoms with Crippen molar-refractivity contribution in [3.05, 3.63) is 18.2 Å². The van der Waals surface area contributed by atoms with Crippen LogP contribution in [-0.2, 0) is 4.79 Å². The van der Waals surface area contributed by atoms with E-state index in [1.165, 1.54) is 0 Å². The highest BCUT2D eigenvalue weighted by Gasteiger charge is 2.32. The Balaban J connectivity index is 1.90. The molecule has 2 rings (SSSR count). The third-order valence-corrected chi connectivity index (χ3v) is 5.02. The Hall–Kier alpha value is -2.02. The molecule has 0 aliphatic carbocycles. The van der Waals surface area contributed by atoms with E-state index in [1.807, 2.05) is 26.0 Å². The summed E-state index contributed by atoms with van der Waals surface area (Å²) < 4.78 is 11.1. The lowest BCUT2D eigenvalue weighted by atomic mass is 9.93. The fraction of sp³-hybridized carbons (Fsp3) is 0.619. The SMILES string of the molecule is CCOc1ccc(OCC)c(NC(=O)CCCN2C(=S)NC(C)(C)C[C@@H]2C)c1. The van der Waals surface area contributed by atoms with Crippen molar-refractivity contribution in [3.63, 3.8) is 0 Å². The molecule has 1 aromatic carbocycles. The second-order valence-corrected chi connectivity index (χ2v) is 8.12. The topological polar surface area (TPSA) is 62.8 Å². The van der Waals surface area contributed by atoms with Crippen molar-refractivity contribution in [3.8, 4) is 11.5 Å². The lowest BCUT2D eigenvalue weighted by Gasteiger charge is -2.44. The van der Waals surface area contributed by atoms with E-state index in [-0.39, 0.29) is 11.4 Å². The Morgan fingerprint density at radius 1 is 1.32 bits per heavy atom. The first-order valence-corrected chi connectivity index (χ1v) is 10.4. The molecule has 1 amide bonds. The number of hydrogen-bond acceptors (Lipinski definition) is 4. The minimum atomic E-state index is -0.0431. The maximum atomic E-state index is 12.5. The van der Waals surface area contributed by atoms with Crippen molar-refractivity contribution >= 4 is 28.9 Å². The highest BCUT2D eigenvalue weighted by molar-refractivity contribution is 7.80. The van der Waals surface area contributed by atoms with Crippen molar-refractivity contribution in [1.82, 2.24) is 10.2 Å². The maximum absolute atomic E-state index is 12.5. The number of nitrogens with zero attached hydrogens (tertiary/aromatic N) is 1. The largest absolute Gasteiger partial charge is 0.494 e. The van der Waals surface area contributed by atoms with Gasteiger partial charge in [-0.2, -0.15) is 0 Å². The normalized spacial score (nSPS) is 18.4. The standard InChI is InChI=1S/C21H33N3O3S/c1-6-26-16-10-11-18(27-7-2)17(13-16)22-19(25)9-8-12-24-15(3)14-21(4,5)23-20(24)28/h10-11,13,15H,6-9,12,14H2,1-5H3,(H,22,25)(H,23,28)/t15-/m0/s1. The highest BCUT2D eigenvalue weighted by atomic mass is 32.1. The van der Waals surface area contributed by atoms with Gasteiger partial charge in [0.05, 0.1) is 18.9 Å². The molecule has 156 valence electrons. The number of ether oxygens (including phenoxy) is 2. The van der Waals surface area contributed by atoms with Gasteiger partial charge in [-0.25, -0.2) is 0 Å². The number of rotatable bonds is 9. The van der Waals surface area contributed by atoms with Crippen LogP contribution in [0.15, 0.2) is 18.2 Å². The smallest absolute Gasteiger partial charge is 0.224 e. The highest BCUT2D eigenvalue weighted by Crippen LogP contribution is 2.30. The van der Waals surface area contributed by atoms with Crippen molar-refractivity contribution in [2.24, 2.45) is 0 Å². The number of carbonyl (C=O) groups is 1. The van der Waals surface area contributed by atoms with E-state index in [1.54, 1.807) is 6.07 Å². The molecule has 0 spiro atoms. The van der Waals surface area contributed by atoms with Crippen LogP contribution < -0.4 is 20.1 Å². The zero-order chi connectivity index (χ0) is 20.7. The third-order valence-electron chi connectivity index (χ3n) is 4.68. The van der Waals surface area contributed by atoms with Crippen LogP contribution in [0.25, 0.3) is 0 Å². The predicted molar refractivity (Wildman–Crippen MR) is 117 cm³/mol. The molecule has 0 radical (unpaired) electrons. The molecule has 28 heavy (non-hydrogen) atoms. The van der Waals surface area contributed by atoms with Crippen LogP contribution in [-0.4, -0.2) is 47.3 Å². The monoisotopic (exact) mass is 407 g/mol. The molecule has 0 unspecified atom stereocenters. The van der Waals surface area contributed by atoms with Crippen LogP contribution >= 0.6 is 12.2 Å². The van der Waals surface area contributed by atoms with Crippen LogP contribution in [0.4, 0.5) is 5.69 Å². The van der Waals surface area contributed by atoms with Gasteiger partial charge in [0, 0.05) is 30.6 Å². The second-order valence-electron chi connectivity index (χ2n) is 7.74. The van der Waals surface area contributed by atoms with Gasteiger partial charge >= 0.3 is 0 Å². The summed E-state index contributed by atoms with van der Waals surface area (Å²) in [7, 11) is 0. The van der Waals surface area contributed by atoms with Gasteiger partial charge in [0.2, 0.25) is 5.91 Å². The minimum Gasteiger partial charge on any atom is -0.494 e. The lowest BCUT2D eigenvalue weighted by Crippen LogP contribution is -2.60. The van der Waals surface area contributed by atoms with Gasteiger partial charge in [0.1, 0.15) is 11.5 Å². The molecule has 7 heteroatoms.